The third kappa shape index (κ3) is 3.93. The number of fused-ring (bicyclic) bond motifs is 2. The van der Waals surface area contributed by atoms with Crippen LogP contribution < -0.4 is 10.2 Å². The van der Waals surface area contributed by atoms with Crippen LogP contribution in [0, 0.1) is 0 Å². The highest BCUT2D eigenvalue weighted by Crippen LogP contribution is 2.32. The second-order valence-corrected chi connectivity index (χ2v) is 8.93. The molecule has 1 aromatic heterocycles. The van der Waals surface area contributed by atoms with Gasteiger partial charge in [0.05, 0.1) is 16.0 Å². The normalized spacial score (nSPS) is 14.4. The molecule has 0 aliphatic carbocycles. The molecule has 0 saturated carbocycles. The SMILES string of the molecule is O=C(CCCN1C(=O)c2ccccc2C1=O)Nc1ccc2c(c1)N(C(=O)c1cccs1)CC2. The summed E-state index contributed by atoms with van der Waals surface area (Å²) < 4.78 is 0. The van der Waals surface area contributed by atoms with Gasteiger partial charge in [-0.3, -0.25) is 24.1 Å². The van der Waals surface area contributed by atoms with Gasteiger partial charge in [0.1, 0.15) is 0 Å². The van der Waals surface area contributed by atoms with E-state index in [1.165, 1.54) is 16.2 Å². The zero-order chi connectivity index (χ0) is 22.9. The number of imide groups is 1. The standard InChI is InChI=1S/C25H21N3O4S/c29-22(8-3-12-28-23(30)18-5-1-2-6-19(18)24(28)31)26-17-10-9-16-11-13-27(20(16)15-17)25(32)21-7-4-14-33-21/h1-2,4-7,9-10,14-15H,3,8,11-13H2,(H,26,29). The largest absolute Gasteiger partial charge is 0.326 e. The molecule has 0 fully saturated rings. The van der Waals surface area contributed by atoms with Gasteiger partial charge in [-0.25, -0.2) is 0 Å². The number of hydrogen-bond acceptors (Lipinski definition) is 5. The van der Waals surface area contributed by atoms with E-state index >= 15 is 0 Å². The van der Waals surface area contributed by atoms with Crippen LogP contribution in [0.3, 0.4) is 0 Å². The maximum atomic E-state index is 12.8. The van der Waals surface area contributed by atoms with Crippen molar-refractivity contribution in [1.82, 2.24) is 4.90 Å². The highest BCUT2D eigenvalue weighted by molar-refractivity contribution is 7.12. The Morgan fingerprint density at radius 1 is 0.970 bits per heavy atom. The molecule has 3 heterocycles. The summed E-state index contributed by atoms with van der Waals surface area (Å²) in [6.45, 7) is 0.802. The number of nitrogens with one attached hydrogen (secondary N) is 1. The fourth-order valence-electron chi connectivity index (χ4n) is 4.26. The third-order valence-corrected chi connectivity index (χ3v) is 6.76. The molecule has 2 aromatic carbocycles. The van der Waals surface area contributed by atoms with Crippen molar-refractivity contribution in [1.29, 1.82) is 0 Å². The zero-order valence-corrected chi connectivity index (χ0v) is 18.6. The van der Waals surface area contributed by atoms with Crippen LogP contribution in [0.25, 0.3) is 0 Å². The van der Waals surface area contributed by atoms with Gasteiger partial charge in [-0.1, -0.05) is 24.3 Å². The van der Waals surface area contributed by atoms with Crippen LogP contribution in [0.5, 0.6) is 0 Å². The van der Waals surface area contributed by atoms with Gasteiger partial charge in [-0.2, -0.15) is 0 Å². The number of anilines is 2. The molecular formula is C25H21N3O4S. The number of benzene rings is 2. The van der Waals surface area contributed by atoms with Gasteiger partial charge >= 0.3 is 0 Å². The summed E-state index contributed by atoms with van der Waals surface area (Å²) in [5, 5.41) is 4.75. The summed E-state index contributed by atoms with van der Waals surface area (Å²) in [5.74, 6) is -0.871. The van der Waals surface area contributed by atoms with Gasteiger partial charge in [0.2, 0.25) is 5.91 Å². The van der Waals surface area contributed by atoms with Crippen LogP contribution in [0.1, 0.15) is 48.8 Å². The van der Waals surface area contributed by atoms with Crippen molar-refractivity contribution in [2.45, 2.75) is 19.3 Å². The smallest absolute Gasteiger partial charge is 0.268 e. The monoisotopic (exact) mass is 459 g/mol. The molecule has 0 saturated heterocycles. The molecule has 5 rings (SSSR count). The Bertz CT molecular complexity index is 1230. The van der Waals surface area contributed by atoms with Gasteiger partial charge in [0.25, 0.3) is 17.7 Å². The number of thiophene rings is 1. The van der Waals surface area contributed by atoms with E-state index < -0.39 is 0 Å². The molecule has 33 heavy (non-hydrogen) atoms. The fourth-order valence-corrected chi connectivity index (χ4v) is 4.94. The van der Waals surface area contributed by atoms with Gasteiger partial charge in [0.15, 0.2) is 0 Å². The predicted octanol–water partition coefficient (Wildman–Crippen LogP) is 3.97. The van der Waals surface area contributed by atoms with E-state index in [4.69, 9.17) is 0 Å². The first kappa shape index (κ1) is 21.1. The summed E-state index contributed by atoms with van der Waals surface area (Å²) in [6, 6.07) is 16.0. The van der Waals surface area contributed by atoms with Crippen LogP contribution in [0.2, 0.25) is 0 Å². The van der Waals surface area contributed by atoms with Gasteiger partial charge in [0, 0.05) is 30.9 Å². The van der Waals surface area contributed by atoms with Crippen molar-refractivity contribution >= 4 is 46.3 Å². The van der Waals surface area contributed by atoms with E-state index in [0.29, 0.717) is 34.7 Å². The molecule has 1 N–H and O–H groups in total. The van der Waals surface area contributed by atoms with Crippen LogP contribution in [-0.4, -0.2) is 41.6 Å². The average Bonchev–Trinajstić information content (AvgIpc) is 3.55. The van der Waals surface area contributed by atoms with E-state index in [2.05, 4.69) is 5.32 Å². The van der Waals surface area contributed by atoms with Crippen molar-refractivity contribution in [3.8, 4) is 0 Å². The van der Waals surface area contributed by atoms with E-state index in [0.717, 1.165) is 17.7 Å². The lowest BCUT2D eigenvalue weighted by molar-refractivity contribution is -0.116. The molecule has 0 atom stereocenters. The summed E-state index contributed by atoms with van der Waals surface area (Å²) in [6.07, 6.45) is 1.31. The van der Waals surface area contributed by atoms with Gasteiger partial charge < -0.3 is 10.2 Å². The lowest BCUT2D eigenvalue weighted by atomic mass is 10.1. The Labute approximate surface area is 194 Å². The first-order valence-corrected chi connectivity index (χ1v) is 11.6. The number of nitrogens with zero attached hydrogens (tertiary/aromatic N) is 2. The lowest BCUT2D eigenvalue weighted by Gasteiger charge is -2.17. The van der Waals surface area contributed by atoms with Crippen molar-refractivity contribution in [3.05, 3.63) is 81.5 Å². The Morgan fingerprint density at radius 2 is 1.73 bits per heavy atom. The second-order valence-electron chi connectivity index (χ2n) is 7.99. The molecule has 3 aromatic rings. The number of carbonyl (C=O) groups is 4. The lowest BCUT2D eigenvalue weighted by Crippen LogP contribution is -2.31. The summed E-state index contributed by atoms with van der Waals surface area (Å²) >= 11 is 1.41. The molecule has 166 valence electrons. The first-order valence-electron chi connectivity index (χ1n) is 10.8. The first-order chi connectivity index (χ1) is 16.0. The van der Waals surface area contributed by atoms with Crippen molar-refractivity contribution in [2.75, 3.05) is 23.3 Å². The van der Waals surface area contributed by atoms with E-state index in [1.54, 1.807) is 29.2 Å². The van der Waals surface area contributed by atoms with Gasteiger partial charge in [-0.15, -0.1) is 11.3 Å². The highest BCUT2D eigenvalue weighted by atomic mass is 32.1. The number of rotatable bonds is 6. The van der Waals surface area contributed by atoms with E-state index in [1.807, 2.05) is 35.7 Å². The number of amides is 4. The molecule has 0 bridgehead atoms. The van der Waals surface area contributed by atoms with Crippen molar-refractivity contribution < 1.29 is 19.2 Å². The summed E-state index contributed by atoms with van der Waals surface area (Å²) in [4.78, 5) is 53.8. The summed E-state index contributed by atoms with van der Waals surface area (Å²) in [7, 11) is 0. The maximum absolute atomic E-state index is 12.8. The molecule has 7 nitrogen and oxygen atoms in total. The van der Waals surface area contributed by atoms with Crippen LogP contribution in [0.4, 0.5) is 11.4 Å². The number of carbonyl (C=O) groups excluding carboxylic acids is 4. The van der Waals surface area contributed by atoms with Crippen molar-refractivity contribution in [3.63, 3.8) is 0 Å². The zero-order valence-electron chi connectivity index (χ0n) is 17.7. The minimum absolute atomic E-state index is 0.0341. The van der Waals surface area contributed by atoms with E-state index in [9.17, 15) is 19.2 Å². The van der Waals surface area contributed by atoms with Crippen LogP contribution in [0.15, 0.2) is 60.0 Å². The Balaban J connectivity index is 1.19. The molecule has 4 amide bonds. The Hall–Kier alpha value is -3.78. The molecule has 0 unspecified atom stereocenters. The molecular weight excluding hydrogens is 438 g/mol. The molecule has 2 aliphatic rings. The quantitative estimate of drug-likeness (QED) is 0.565. The fraction of sp³-hybridized carbons (Fsp3) is 0.200. The number of hydrogen-bond donors (Lipinski definition) is 1. The van der Waals surface area contributed by atoms with Crippen LogP contribution in [-0.2, 0) is 11.2 Å². The minimum Gasteiger partial charge on any atom is -0.326 e. The maximum Gasteiger partial charge on any atom is 0.268 e. The third-order valence-electron chi connectivity index (χ3n) is 5.91. The minimum atomic E-state index is -0.315. The van der Waals surface area contributed by atoms with Gasteiger partial charge in [-0.05, 0) is 54.1 Å². The topological polar surface area (TPSA) is 86.8 Å². The highest BCUT2D eigenvalue weighted by Gasteiger charge is 2.34. The molecule has 0 radical (unpaired) electrons. The molecule has 2 aliphatic heterocycles. The van der Waals surface area contributed by atoms with Crippen LogP contribution >= 0.6 is 11.3 Å². The molecule has 8 heteroatoms. The Morgan fingerprint density at radius 3 is 2.42 bits per heavy atom. The molecule has 0 spiro atoms. The summed E-state index contributed by atoms with van der Waals surface area (Å²) in [5.41, 5.74) is 3.32. The van der Waals surface area contributed by atoms with E-state index in [-0.39, 0.29) is 36.6 Å². The average molecular weight is 460 g/mol. The second kappa shape index (κ2) is 8.63. The van der Waals surface area contributed by atoms with Crippen molar-refractivity contribution in [2.24, 2.45) is 0 Å². The predicted molar refractivity (Wildman–Crippen MR) is 126 cm³/mol. The Kier molecular flexibility index (Phi) is 5.51.